The van der Waals surface area contributed by atoms with Crippen LogP contribution in [0.5, 0.6) is 0 Å². The van der Waals surface area contributed by atoms with Gasteiger partial charge in [-0.15, -0.1) is 0 Å². The second kappa shape index (κ2) is 3.55. The van der Waals surface area contributed by atoms with Crippen molar-refractivity contribution >= 4 is 0 Å². The second-order valence-corrected chi connectivity index (χ2v) is 5.04. The Morgan fingerprint density at radius 1 is 1.50 bits per heavy atom. The number of nitrogens with zero attached hydrogens (tertiary/aromatic N) is 2. The standard InChI is InChI=1S/C12H18FN3/c1-2-16-11(5-6-14-16)12(13)7-9-3-4-10(8-12)15-9/h5-6,9-10,15H,2-4,7-8H2,1H3. The molecule has 2 unspecified atom stereocenters. The van der Waals surface area contributed by atoms with Crippen LogP contribution in [0.3, 0.4) is 0 Å². The van der Waals surface area contributed by atoms with Gasteiger partial charge in [-0.1, -0.05) is 0 Å². The van der Waals surface area contributed by atoms with Crippen LogP contribution in [0.4, 0.5) is 4.39 Å². The fourth-order valence-corrected chi connectivity index (χ4v) is 3.26. The number of alkyl halides is 1. The number of piperidine rings is 1. The highest BCUT2D eigenvalue weighted by Gasteiger charge is 2.46. The molecule has 2 bridgehead atoms. The van der Waals surface area contributed by atoms with Gasteiger partial charge in [-0.3, -0.25) is 4.68 Å². The Morgan fingerprint density at radius 2 is 2.19 bits per heavy atom. The Morgan fingerprint density at radius 3 is 2.81 bits per heavy atom. The second-order valence-electron chi connectivity index (χ2n) is 5.04. The molecule has 0 aliphatic carbocycles. The van der Waals surface area contributed by atoms with Crippen LogP contribution in [0.25, 0.3) is 0 Å². The van der Waals surface area contributed by atoms with Crippen LogP contribution in [-0.4, -0.2) is 21.9 Å². The smallest absolute Gasteiger partial charge is 0.155 e. The van der Waals surface area contributed by atoms with Crippen molar-refractivity contribution in [2.45, 2.75) is 56.9 Å². The molecule has 1 aromatic rings. The van der Waals surface area contributed by atoms with E-state index in [4.69, 9.17) is 0 Å². The lowest BCUT2D eigenvalue weighted by Crippen LogP contribution is -2.45. The van der Waals surface area contributed by atoms with E-state index in [-0.39, 0.29) is 0 Å². The molecule has 3 nitrogen and oxygen atoms in total. The van der Waals surface area contributed by atoms with Crippen molar-refractivity contribution in [3.05, 3.63) is 18.0 Å². The Hall–Kier alpha value is -0.900. The van der Waals surface area contributed by atoms with E-state index in [1.54, 1.807) is 10.9 Å². The van der Waals surface area contributed by atoms with Gasteiger partial charge in [0.2, 0.25) is 0 Å². The zero-order valence-electron chi connectivity index (χ0n) is 9.62. The highest BCUT2D eigenvalue weighted by Crippen LogP contribution is 2.43. The lowest BCUT2D eigenvalue weighted by molar-refractivity contribution is 0.0772. The molecule has 0 saturated carbocycles. The fourth-order valence-electron chi connectivity index (χ4n) is 3.26. The monoisotopic (exact) mass is 223 g/mol. The minimum atomic E-state index is -1.16. The van der Waals surface area contributed by atoms with E-state index in [9.17, 15) is 0 Å². The number of nitrogens with one attached hydrogen (secondary N) is 1. The quantitative estimate of drug-likeness (QED) is 0.831. The summed E-state index contributed by atoms with van der Waals surface area (Å²) in [5.74, 6) is 0. The largest absolute Gasteiger partial charge is 0.311 e. The van der Waals surface area contributed by atoms with Crippen molar-refractivity contribution in [3.8, 4) is 0 Å². The molecule has 2 atom stereocenters. The molecule has 0 radical (unpaired) electrons. The zero-order chi connectivity index (χ0) is 11.2. The number of fused-ring (bicyclic) bond motifs is 2. The number of rotatable bonds is 2. The molecule has 2 fully saturated rings. The first-order valence-electron chi connectivity index (χ1n) is 6.18. The molecule has 0 amide bonds. The number of hydrogen-bond acceptors (Lipinski definition) is 2. The van der Waals surface area contributed by atoms with Gasteiger partial charge < -0.3 is 5.32 Å². The molecule has 0 aromatic carbocycles. The third kappa shape index (κ3) is 1.47. The van der Waals surface area contributed by atoms with E-state index in [1.165, 1.54) is 0 Å². The van der Waals surface area contributed by atoms with Crippen molar-refractivity contribution in [3.63, 3.8) is 0 Å². The van der Waals surface area contributed by atoms with Gasteiger partial charge in [0.25, 0.3) is 0 Å². The average Bonchev–Trinajstić information content (AvgIpc) is 2.85. The summed E-state index contributed by atoms with van der Waals surface area (Å²) in [5, 5.41) is 7.66. The fraction of sp³-hybridized carbons (Fsp3) is 0.750. The van der Waals surface area contributed by atoms with E-state index in [1.807, 2.05) is 13.0 Å². The molecular formula is C12H18FN3. The molecule has 1 aromatic heterocycles. The van der Waals surface area contributed by atoms with Crippen LogP contribution < -0.4 is 5.32 Å². The maximum atomic E-state index is 15.0. The number of hydrogen-bond donors (Lipinski definition) is 1. The minimum Gasteiger partial charge on any atom is -0.311 e. The molecule has 16 heavy (non-hydrogen) atoms. The summed E-state index contributed by atoms with van der Waals surface area (Å²) in [6, 6.07) is 2.57. The summed E-state index contributed by atoms with van der Waals surface area (Å²) in [4.78, 5) is 0. The van der Waals surface area contributed by atoms with Crippen LogP contribution in [0.1, 0.15) is 38.3 Å². The van der Waals surface area contributed by atoms with Gasteiger partial charge in [-0.2, -0.15) is 5.10 Å². The van der Waals surface area contributed by atoms with Crippen molar-refractivity contribution in [2.75, 3.05) is 0 Å². The molecule has 2 saturated heterocycles. The van der Waals surface area contributed by atoms with Gasteiger partial charge in [0.1, 0.15) is 0 Å². The summed E-state index contributed by atoms with van der Waals surface area (Å²) in [6.07, 6.45) is 5.17. The van der Waals surface area contributed by atoms with Crippen LogP contribution in [0, 0.1) is 0 Å². The molecule has 88 valence electrons. The summed E-state index contributed by atoms with van der Waals surface area (Å²) >= 11 is 0. The predicted octanol–water partition coefficient (Wildman–Crippen LogP) is 1.98. The average molecular weight is 223 g/mol. The lowest BCUT2D eigenvalue weighted by atomic mass is 9.86. The zero-order valence-corrected chi connectivity index (χ0v) is 9.62. The van der Waals surface area contributed by atoms with Gasteiger partial charge in [0.05, 0.1) is 5.69 Å². The van der Waals surface area contributed by atoms with E-state index >= 15 is 4.39 Å². The Kier molecular flexibility index (Phi) is 2.28. The third-order valence-electron chi connectivity index (χ3n) is 3.95. The Bertz CT molecular complexity index is 375. The minimum absolute atomic E-state index is 0.365. The lowest BCUT2D eigenvalue weighted by Gasteiger charge is -2.35. The summed E-state index contributed by atoms with van der Waals surface area (Å²) in [7, 11) is 0. The maximum Gasteiger partial charge on any atom is 0.155 e. The molecule has 1 N–H and O–H groups in total. The first-order valence-corrected chi connectivity index (χ1v) is 6.18. The normalized spacial score (nSPS) is 37.9. The van der Waals surface area contributed by atoms with E-state index in [0.717, 1.165) is 25.1 Å². The molecular weight excluding hydrogens is 205 g/mol. The molecule has 4 heteroatoms. The van der Waals surface area contributed by atoms with Crippen LogP contribution in [0.2, 0.25) is 0 Å². The van der Waals surface area contributed by atoms with Crippen LogP contribution in [-0.2, 0) is 12.2 Å². The van der Waals surface area contributed by atoms with Crippen molar-refractivity contribution < 1.29 is 4.39 Å². The maximum absolute atomic E-state index is 15.0. The van der Waals surface area contributed by atoms with Crippen LogP contribution in [0.15, 0.2) is 12.3 Å². The van der Waals surface area contributed by atoms with E-state index in [0.29, 0.717) is 24.9 Å². The topological polar surface area (TPSA) is 29.9 Å². The SMILES string of the molecule is CCn1nccc1C1(F)CC2CCC(C1)N2. The predicted molar refractivity (Wildman–Crippen MR) is 59.9 cm³/mol. The highest BCUT2D eigenvalue weighted by atomic mass is 19.1. The molecule has 2 aliphatic rings. The summed E-state index contributed by atoms with van der Waals surface area (Å²) in [5.41, 5.74) is -0.391. The Balaban J connectivity index is 1.93. The van der Waals surface area contributed by atoms with Gasteiger partial charge in [0.15, 0.2) is 5.67 Å². The van der Waals surface area contributed by atoms with Crippen molar-refractivity contribution in [1.29, 1.82) is 0 Å². The van der Waals surface area contributed by atoms with Crippen molar-refractivity contribution in [2.24, 2.45) is 0 Å². The summed E-state index contributed by atoms with van der Waals surface area (Å²) in [6.45, 7) is 2.76. The van der Waals surface area contributed by atoms with Gasteiger partial charge in [-0.25, -0.2) is 4.39 Å². The van der Waals surface area contributed by atoms with Gasteiger partial charge in [-0.05, 0) is 25.8 Å². The van der Waals surface area contributed by atoms with Crippen molar-refractivity contribution in [1.82, 2.24) is 15.1 Å². The number of halogens is 1. The first-order chi connectivity index (χ1) is 7.71. The highest BCUT2D eigenvalue weighted by molar-refractivity contribution is 5.17. The van der Waals surface area contributed by atoms with E-state index < -0.39 is 5.67 Å². The molecule has 3 rings (SSSR count). The van der Waals surface area contributed by atoms with E-state index in [2.05, 4.69) is 10.4 Å². The van der Waals surface area contributed by atoms with Gasteiger partial charge >= 0.3 is 0 Å². The van der Waals surface area contributed by atoms with Crippen LogP contribution >= 0.6 is 0 Å². The molecule has 2 aliphatic heterocycles. The summed E-state index contributed by atoms with van der Waals surface area (Å²) < 4.78 is 16.8. The van der Waals surface area contributed by atoms with Gasteiger partial charge in [0, 0.05) is 37.7 Å². The first kappa shape index (κ1) is 10.3. The Labute approximate surface area is 95.0 Å². The number of aryl methyl sites for hydroxylation is 1. The third-order valence-corrected chi connectivity index (χ3v) is 3.95. The molecule has 0 spiro atoms. The molecule has 3 heterocycles. The number of aromatic nitrogens is 2.